The minimum atomic E-state index is -0.150. The van der Waals surface area contributed by atoms with E-state index < -0.39 is 0 Å². The van der Waals surface area contributed by atoms with Crippen molar-refractivity contribution < 1.29 is 14.2 Å². The van der Waals surface area contributed by atoms with Crippen LogP contribution in [0.4, 0.5) is 0 Å². The van der Waals surface area contributed by atoms with Gasteiger partial charge in [0.05, 0.1) is 38.9 Å². The molecule has 0 bridgehead atoms. The van der Waals surface area contributed by atoms with E-state index in [0.717, 1.165) is 24.8 Å². The zero-order chi connectivity index (χ0) is 22.5. The highest BCUT2D eigenvalue weighted by Crippen LogP contribution is 2.31. The largest absolute Gasteiger partial charge is 0.493 e. The highest BCUT2D eigenvalue weighted by atomic mass is 32.1. The first kappa shape index (κ1) is 22.6. The van der Waals surface area contributed by atoms with Crippen LogP contribution in [0.25, 0.3) is 10.9 Å². The van der Waals surface area contributed by atoms with Gasteiger partial charge >= 0.3 is 0 Å². The molecule has 1 aliphatic heterocycles. The number of nitrogens with zero attached hydrogens (tertiary/aromatic N) is 1. The van der Waals surface area contributed by atoms with E-state index in [0.29, 0.717) is 47.3 Å². The van der Waals surface area contributed by atoms with Gasteiger partial charge in [0.2, 0.25) is 0 Å². The van der Waals surface area contributed by atoms with Gasteiger partial charge in [-0.05, 0) is 48.6 Å². The first-order chi connectivity index (χ1) is 15.6. The van der Waals surface area contributed by atoms with E-state index >= 15 is 0 Å². The molecule has 2 N–H and O–H groups in total. The van der Waals surface area contributed by atoms with Crippen molar-refractivity contribution >= 4 is 39.6 Å². The number of hydrogen-bond acceptors (Lipinski definition) is 6. The van der Waals surface area contributed by atoms with Crippen LogP contribution in [0.15, 0.2) is 40.5 Å². The van der Waals surface area contributed by atoms with Crippen LogP contribution in [-0.2, 0) is 17.8 Å². The number of methoxy groups -OCH3 is 2. The van der Waals surface area contributed by atoms with E-state index in [-0.39, 0.29) is 11.7 Å². The molecule has 0 unspecified atom stereocenters. The predicted octanol–water partition coefficient (Wildman–Crippen LogP) is 3.66. The second-order valence-electron chi connectivity index (χ2n) is 7.67. The molecule has 1 atom stereocenters. The molecule has 4 rings (SSSR count). The Kier molecular flexibility index (Phi) is 7.29. The molecule has 3 heterocycles. The van der Waals surface area contributed by atoms with Crippen LogP contribution in [0.5, 0.6) is 11.5 Å². The van der Waals surface area contributed by atoms with Gasteiger partial charge < -0.3 is 29.4 Å². The van der Waals surface area contributed by atoms with Crippen LogP contribution in [0.2, 0.25) is 0 Å². The topological polar surface area (TPSA) is 75.8 Å². The van der Waals surface area contributed by atoms with Crippen molar-refractivity contribution in [3.05, 3.63) is 56.5 Å². The minimum absolute atomic E-state index is 0.150. The van der Waals surface area contributed by atoms with E-state index in [1.807, 2.05) is 28.5 Å². The van der Waals surface area contributed by atoms with E-state index in [9.17, 15) is 4.79 Å². The number of pyridine rings is 1. The Morgan fingerprint density at radius 3 is 2.78 bits per heavy atom. The summed E-state index contributed by atoms with van der Waals surface area (Å²) < 4.78 is 16.5. The Morgan fingerprint density at radius 1 is 1.28 bits per heavy atom. The molecule has 9 heteroatoms. The van der Waals surface area contributed by atoms with Gasteiger partial charge in [0.25, 0.3) is 5.56 Å². The second kappa shape index (κ2) is 10.3. The lowest BCUT2D eigenvalue weighted by atomic mass is 10.1. The summed E-state index contributed by atoms with van der Waals surface area (Å²) in [5.41, 5.74) is 1.17. The van der Waals surface area contributed by atoms with Crippen molar-refractivity contribution in [2.75, 3.05) is 27.4 Å². The molecule has 3 aromatic rings. The molecular formula is C23H27N3O4S2. The first-order valence-electron chi connectivity index (χ1n) is 10.5. The van der Waals surface area contributed by atoms with Crippen LogP contribution in [-0.4, -0.2) is 48.5 Å². The number of nitrogens with one attached hydrogen (secondary N) is 2. The monoisotopic (exact) mass is 473 g/mol. The highest BCUT2D eigenvalue weighted by Gasteiger charge is 2.19. The van der Waals surface area contributed by atoms with Crippen molar-refractivity contribution in [1.29, 1.82) is 0 Å². The van der Waals surface area contributed by atoms with Gasteiger partial charge in [-0.15, -0.1) is 11.3 Å². The zero-order valence-electron chi connectivity index (χ0n) is 18.2. The second-order valence-corrected chi connectivity index (χ2v) is 9.09. The molecule has 7 nitrogen and oxygen atoms in total. The molecule has 0 radical (unpaired) electrons. The molecule has 0 amide bonds. The number of thiophene rings is 1. The average Bonchev–Trinajstić information content (AvgIpc) is 3.51. The number of benzene rings is 1. The Bertz CT molecular complexity index is 1120. The van der Waals surface area contributed by atoms with Crippen molar-refractivity contribution in [1.82, 2.24) is 15.2 Å². The normalized spacial score (nSPS) is 15.6. The molecule has 1 fully saturated rings. The molecular weight excluding hydrogens is 446 g/mol. The van der Waals surface area contributed by atoms with Gasteiger partial charge in [-0.1, -0.05) is 6.07 Å². The molecule has 0 saturated carbocycles. The molecule has 0 aliphatic carbocycles. The number of aromatic nitrogens is 1. The number of aromatic amines is 1. The summed E-state index contributed by atoms with van der Waals surface area (Å²) in [5.74, 6) is 1.18. The summed E-state index contributed by atoms with van der Waals surface area (Å²) in [6.07, 6.45) is 2.30. The molecule has 2 aromatic heterocycles. The van der Waals surface area contributed by atoms with Crippen LogP contribution in [0, 0.1) is 0 Å². The maximum absolute atomic E-state index is 12.9. The smallest absolute Gasteiger partial charge is 0.253 e. The quantitative estimate of drug-likeness (QED) is 0.484. The van der Waals surface area contributed by atoms with E-state index in [4.69, 9.17) is 26.4 Å². The number of hydrogen-bond donors (Lipinski definition) is 2. The lowest BCUT2D eigenvalue weighted by molar-refractivity contribution is 0.113. The predicted molar refractivity (Wildman–Crippen MR) is 131 cm³/mol. The first-order valence-corrected chi connectivity index (χ1v) is 11.8. The summed E-state index contributed by atoms with van der Waals surface area (Å²) in [6, 6.07) is 9.62. The zero-order valence-corrected chi connectivity index (χ0v) is 19.8. The summed E-state index contributed by atoms with van der Waals surface area (Å²) in [6.45, 7) is 2.48. The third-order valence-corrected chi connectivity index (χ3v) is 6.77. The van der Waals surface area contributed by atoms with Crippen molar-refractivity contribution in [2.45, 2.75) is 32.0 Å². The maximum atomic E-state index is 12.9. The number of fused-ring (bicyclic) bond motifs is 1. The standard InChI is InChI=1S/C23H27N3O4S2/c1-28-20-10-15-9-16(22(27)25-19(15)11-21(20)29-2)13-26(14-18-6-4-8-32-18)23(31)24-12-17-5-3-7-30-17/h4,6,8-11,17H,3,5,7,12-14H2,1-2H3,(H,24,31)(H,25,27)/t17-/m1/s1. The Labute approximate surface area is 196 Å². The summed E-state index contributed by atoms with van der Waals surface area (Å²) in [4.78, 5) is 19.0. The summed E-state index contributed by atoms with van der Waals surface area (Å²) in [7, 11) is 3.17. The van der Waals surface area contributed by atoms with Crippen molar-refractivity contribution in [2.24, 2.45) is 0 Å². The molecule has 32 heavy (non-hydrogen) atoms. The fourth-order valence-corrected chi connectivity index (χ4v) is 4.74. The molecule has 1 saturated heterocycles. The van der Waals surface area contributed by atoms with Gasteiger partial charge in [-0.3, -0.25) is 4.79 Å². The molecule has 170 valence electrons. The Balaban J connectivity index is 1.58. The van der Waals surface area contributed by atoms with Crippen molar-refractivity contribution in [3.8, 4) is 11.5 Å². The maximum Gasteiger partial charge on any atom is 0.253 e. The number of H-pyrrole nitrogens is 1. The van der Waals surface area contributed by atoms with Crippen LogP contribution >= 0.6 is 23.6 Å². The van der Waals surface area contributed by atoms with Gasteiger partial charge in [0.1, 0.15) is 0 Å². The van der Waals surface area contributed by atoms with Crippen LogP contribution < -0.4 is 20.3 Å². The van der Waals surface area contributed by atoms with E-state index in [1.165, 1.54) is 4.88 Å². The van der Waals surface area contributed by atoms with Gasteiger partial charge in [-0.25, -0.2) is 0 Å². The SMILES string of the molecule is COc1cc2cc(CN(Cc3cccs3)C(=S)NC[C@H]3CCCO3)c(=O)[nH]c2cc1OC. The van der Waals surface area contributed by atoms with E-state index in [1.54, 1.807) is 31.6 Å². The third kappa shape index (κ3) is 5.23. The fraction of sp³-hybridized carbons (Fsp3) is 0.391. The Morgan fingerprint density at radius 2 is 2.09 bits per heavy atom. The van der Waals surface area contributed by atoms with Crippen molar-refractivity contribution in [3.63, 3.8) is 0 Å². The number of rotatable bonds is 8. The molecule has 1 aliphatic rings. The highest BCUT2D eigenvalue weighted by molar-refractivity contribution is 7.80. The molecule has 1 aromatic carbocycles. The fourth-order valence-electron chi connectivity index (χ4n) is 3.81. The third-order valence-electron chi connectivity index (χ3n) is 5.51. The minimum Gasteiger partial charge on any atom is -0.493 e. The number of ether oxygens (including phenoxy) is 3. The van der Waals surface area contributed by atoms with Gasteiger partial charge in [0.15, 0.2) is 16.6 Å². The lowest BCUT2D eigenvalue weighted by Crippen LogP contribution is -2.42. The summed E-state index contributed by atoms with van der Waals surface area (Å²) in [5, 5.41) is 6.86. The van der Waals surface area contributed by atoms with Crippen LogP contribution in [0.3, 0.4) is 0 Å². The number of thiocarbonyl (C=S) groups is 1. The average molecular weight is 474 g/mol. The van der Waals surface area contributed by atoms with Gasteiger partial charge in [-0.2, -0.15) is 0 Å². The van der Waals surface area contributed by atoms with E-state index in [2.05, 4.69) is 16.4 Å². The Hall–Kier alpha value is -2.62. The lowest BCUT2D eigenvalue weighted by Gasteiger charge is -2.26. The molecule has 0 spiro atoms. The van der Waals surface area contributed by atoms with Gasteiger partial charge in [0, 0.05) is 35.0 Å². The van der Waals surface area contributed by atoms with Crippen LogP contribution in [0.1, 0.15) is 23.3 Å². The summed E-state index contributed by atoms with van der Waals surface area (Å²) >= 11 is 7.38.